The highest BCUT2D eigenvalue weighted by atomic mass is 16.4. The summed E-state index contributed by atoms with van der Waals surface area (Å²) in [4.78, 5) is 16.1. The van der Waals surface area contributed by atoms with E-state index in [2.05, 4.69) is 23.8 Å². The Kier molecular flexibility index (Phi) is 3.22. The van der Waals surface area contributed by atoms with Gasteiger partial charge in [0, 0.05) is 26.2 Å². The second-order valence-corrected chi connectivity index (χ2v) is 5.48. The molecule has 2 rings (SSSR count). The van der Waals surface area contributed by atoms with Gasteiger partial charge in [0.2, 0.25) is 0 Å². The van der Waals surface area contributed by atoms with Crippen molar-refractivity contribution in [2.24, 2.45) is 5.92 Å². The highest BCUT2D eigenvalue weighted by molar-refractivity contribution is 5.79. The van der Waals surface area contributed by atoms with Crippen molar-refractivity contribution in [3.05, 3.63) is 0 Å². The van der Waals surface area contributed by atoms with Crippen LogP contribution >= 0.6 is 0 Å². The van der Waals surface area contributed by atoms with Crippen LogP contribution in [0.2, 0.25) is 0 Å². The summed E-state index contributed by atoms with van der Waals surface area (Å²) in [5.74, 6) is -0.0582. The molecule has 92 valence electrons. The van der Waals surface area contributed by atoms with E-state index in [1.165, 1.54) is 0 Å². The number of nitrogens with zero attached hydrogens (tertiary/aromatic N) is 2. The normalized spacial score (nSPS) is 37.8. The summed E-state index contributed by atoms with van der Waals surface area (Å²) < 4.78 is 0. The Bertz CT molecular complexity index is 274. The van der Waals surface area contributed by atoms with Crippen molar-refractivity contribution in [2.75, 3.05) is 33.2 Å². The fourth-order valence-electron chi connectivity index (χ4n) is 3.12. The van der Waals surface area contributed by atoms with E-state index in [-0.39, 0.29) is 0 Å². The summed E-state index contributed by atoms with van der Waals surface area (Å²) in [5.41, 5.74) is -0.555. The van der Waals surface area contributed by atoms with E-state index in [1.54, 1.807) is 0 Å². The van der Waals surface area contributed by atoms with Gasteiger partial charge in [0.05, 0.1) is 0 Å². The molecular formula is C12H22N2O2. The monoisotopic (exact) mass is 226 g/mol. The molecule has 16 heavy (non-hydrogen) atoms. The Labute approximate surface area is 97.2 Å². The van der Waals surface area contributed by atoms with Gasteiger partial charge >= 0.3 is 5.97 Å². The molecule has 0 spiro atoms. The number of aliphatic carboxylic acids is 1. The molecule has 0 aromatic rings. The molecule has 0 aromatic carbocycles. The molecule has 1 saturated carbocycles. The van der Waals surface area contributed by atoms with Crippen LogP contribution < -0.4 is 0 Å². The minimum atomic E-state index is -0.610. The van der Waals surface area contributed by atoms with Crippen molar-refractivity contribution in [3.63, 3.8) is 0 Å². The Morgan fingerprint density at radius 1 is 1.31 bits per heavy atom. The van der Waals surface area contributed by atoms with Crippen molar-refractivity contribution in [1.29, 1.82) is 0 Å². The third-order valence-corrected chi connectivity index (χ3v) is 4.24. The molecule has 1 saturated heterocycles. The van der Waals surface area contributed by atoms with E-state index >= 15 is 0 Å². The van der Waals surface area contributed by atoms with Crippen molar-refractivity contribution < 1.29 is 9.90 Å². The summed E-state index contributed by atoms with van der Waals surface area (Å²) in [6.45, 7) is 5.94. The van der Waals surface area contributed by atoms with E-state index in [4.69, 9.17) is 0 Å². The summed E-state index contributed by atoms with van der Waals surface area (Å²) in [5, 5.41) is 9.54. The molecule has 2 fully saturated rings. The second kappa shape index (κ2) is 4.34. The molecule has 0 aromatic heterocycles. The Morgan fingerprint density at radius 2 is 1.94 bits per heavy atom. The van der Waals surface area contributed by atoms with Gasteiger partial charge < -0.3 is 10.0 Å². The molecule has 1 N–H and O–H groups in total. The van der Waals surface area contributed by atoms with Crippen LogP contribution in [-0.4, -0.2) is 59.6 Å². The molecular weight excluding hydrogens is 204 g/mol. The quantitative estimate of drug-likeness (QED) is 0.759. The third-order valence-electron chi connectivity index (χ3n) is 4.24. The molecule has 0 amide bonds. The maximum Gasteiger partial charge on any atom is 0.324 e. The average Bonchev–Trinajstić information content (AvgIpc) is 2.63. The maximum absolute atomic E-state index is 11.6. The lowest BCUT2D eigenvalue weighted by molar-refractivity contribution is -0.153. The van der Waals surface area contributed by atoms with E-state index in [1.807, 2.05) is 0 Å². The van der Waals surface area contributed by atoms with Crippen LogP contribution in [0.15, 0.2) is 0 Å². The molecule has 4 heteroatoms. The second-order valence-electron chi connectivity index (χ2n) is 5.48. The van der Waals surface area contributed by atoms with Crippen molar-refractivity contribution in [3.8, 4) is 0 Å². The number of carboxylic acids is 1. The topological polar surface area (TPSA) is 43.8 Å². The van der Waals surface area contributed by atoms with Crippen LogP contribution in [0.1, 0.15) is 26.2 Å². The van der Waals surface area contributed by atoms with Crippen molar-refractivity contribution in [2.45, 2.75) is 31.7 Å². The molecule has 2 unspecified atom stereocenters. The van der Waals surface area contributed by atoms with E-state index in [0.29, 0.717) is 5.92 Å². The lowest BCUT2D eigenvalue weighted by atomic mass is 9.93. The van der Waals surface area contributed by atoms with E-state index < -0.39 is 11.5 Å². The number of rotatable bonds is 2. The first kappa shape index (κ1) is 11.9. The van der Waals surface area contributed by atoms with E-state index in [0.717, 1.165) is 45.4 Å². The molecule has 2 atom stereocenters. The van der Waals surface area contributed by atoms with Crippen molar-refractivity contribution in [1.82, 2.24) is 9.80 Å². The van der Waals surface area contributed by atoms with Crippen LogP contribution in [0.3, 0.4) is 0 Å². The van der Waals surface area contributed by atoms with Crippen LogP contribution in [0, 0.1) is 5.92 Å². The number of hydrogen-bond acceptors (Lipinski definition) is 3. The largest absolute Gasteiger partial charge is 0.480 e. The maximum atomic E-state index is 11.6. The summed E-state index contributed by atoms with van der Waals surface area (Å²) in [6, 6.07) is 0. The van der Waals surface area contributed by atoms with Gasteiger partial charge in [-0.1, -0.05) is 6.92 Å². The molecule has 4 nitrogen and oxygen atoms in total. The molecule has 1 aliphatic heterocycles. The Morgan fingerprint density at radius 3 is 2.38 bits per heavy atom. The zero-order chi connectivity index (χ0) is 11.8. The van der Waals surface area contributed by atoms with Gasteiger partial charge in [0.25, 0.3) is 0 Å². The summed E-state index contributed by atoms with van der Waals surface area (Å²) in [6.07, 6.45) is 2.71. The SMILES string of the molecule is CC1CCC(C(=O)O)(N2CCN(C)CC2)C1. The third kappa shape index (κ3) is 1.96. The number of carboxylic acid groups (broad SMARTS) is 1. The zero-order valence-electron chi connectivity index (χ0n) is 10.3. The van der Waals surface area contributed by atoms with Crippen LogP contribution in [0.25, 0.3) is 0 Å². The van der Waals surface area contributed by atoms with Crippen LogP contribution in [0.4, 0.5) is 0 Å². The average molecular weight is 226 g/mol. The van der Waals surface area contributed by atoms with Gasteiger partial charge in [-0.15, -0.1) is 0 Å². The molecule has 0 bridgehead atoms. The molecule has 2 aliphatic rings. The number of likely N-dealkylation sites (N-methyl/N-ethyl adjacent to an activating group) is 1. The predicted molar refractivity (Wildman–Crippen MR) is 62.5 cm³/mol. The lowest BCUT2D eigenvalue weighted by Gasteiger charge is -2.42. The number of piperazine rings is 1. The smallest absolute Gasteiger partial charge is 0.324 e. The number of carbonyl (C=O) groups is 1. The molecule has 1 aliphatic carbocycles. The summed E-state index contributed by atoms with van der Waals surface area (Å²) in [7, 11) is 2.10. The van der Waals surface area contributed by atoms with Gasteiger partial charge in [-0.25, -0.2) is 0 Å². The standard InChI is InChI=1S/C12H22N2O2/c1-10-3-4-12(9-10,11(15)16)14-7-5-13(2)6-8-14/h10H,3-9H2,1-2H3,(H,15,16). The van der Waals surface area contributed by atoms with Gasteiger partial charge in [-0.2, -0.15) is 0 Å². The lowest BCUT2D eigenvalue weighted by Crippen LogP contribution is -2.59. The van der Waals surface area contributed by atoms with Gasteiger partial charge in [-0.05, 0) is 32.2 Å². The van der Waals surface area contributed by atoms with Crippen LogP contribution in [-0.2, 0) is 4.79 Å². The first-order valence-corrected chi connectivity index (χ1v) is 6.21. The first-order chi connectivity index (χ1) is 7.54. The van der Waals surface area contributed by atoms with Gasteiger partial charge in [0.1, 0.15) is 5.54 Å². The fourth-order valence-corrected chi connectivity index (χ4v) is 3.12. The fraction of sp³-hybridized carbons (Fsp3) is 0.917. The first-order valence-electron chi connectivity index (χ1n) is 6.21. The van der Waals surface area contributed by atoms with Crippen LogP contribution in [0.5, 0.6) is 0 Å². The highest BCUT2D eigenvalue weighted by Gasteiger charge is 2.49. The Balaban J connectivity index is 2.11. The van der Waals surface area contributed by atoms with Gasteiger partial charge in [-0.3, -0.25) is 9.69 Å². The van der Waals surface area contributed by atoms with Gasteiger partial charge in [0.15, 0.2) is 0 Å². The zero-order valence-corrected chi connectivity index (χ0v) is 10.3. The molecule has 1 heterocycles. The van der Waals surface area contributed by atoms with Crippen molar-refractivity contribution >= 4 is 5.97 Å². The Hall–Kier alpha value is -0.610. The summed E-state index contributed by atoms with van der Waals surface area (Å²) >= 11 is 0. The number of hydrogen-bond donors (Lipinski definition) is 1. The predicted octanol–water partition coefficient (Wildman–Crippen LogP) is 0.877. The minimum absolute atomic E-state index is 0.552. The molecule has 0 radical (unpaired) electrons. The minimum Gasteiger partial charge on any atom is -0.480 e. The van der Waals surface area contributed by atoms with E-state index in [9.17, 15) is 9.90 Å². The highest BCUT2D eigenvalue weighted by Crippen LogP contribution is 2.39.